The average Bonchev–Trinajstić information content (AvgIpc) is 2.89. The zero-order valence-corrected chi connectivity index (χ0v) is 11.0. The van der Waals surface area contributed by atoms with E-state index in [1.807, 2.05) is 16.8 Å². The number of rotatable bonds is 4. The predicted molar refractivity (Wildman–Crippen MR) is 73.1 cm³/mol. The Morgan fingerprint density at radius 1 is 1.44 bits per heavy atom. The van der Waals surface area contributed by atoms with Crippen molar-refractivity contribution in [3.8, 4) is 0 Å². The molecule has 1 atom stereocenters. The molecule has 1 aromatic carbocycles. The summed E-state index contributed by atoms with van der Waals surface area (Å²) in [6.45, 7) is 0.183. The van der Waals surface area contributed by atoms with Crippen LogP contribution in [0.3, 0.4) is 0 Å². The minimum atomic E-state index is -0.681. The Kier molecular flexibility index (Phi) is 4.36. The monoisotopic (exact) mass is 281 g/mol. The Morgan fingerprint density at radius 3 is 2.94 bits per heavy atom. The van der Waals surface area contributed by atoms with Crippen molar-refractivity contribution in [2.24, 2.45) is 0 Å². The van der Waals surface area contributed by atoms with Gasteiger partial charge in [-0.05, 0) is 40.6 Å². The summed E-state index contributed by atoms with van der Waals surface area (Å²) in [7, 11) is 0. The molecule has 94 valence electrons. The number of hydrogen-bond acceptors (Lipinski definition) is 3. The minimum absolute atomic E-state index is 0.183. The molecule has 0 fully saturated rings. The van der Waals surface area contributed by atoms with Crippen LogP contribution in [0.15, 0.2) is 41.1 Å². The van der Waals surface area contributed by atoms with Gasteiger partial charge in [0.25, 0.3) is 5.91 Å². The van der Waals surface area contributed by atoms with Crippen LogP contribution in [0.1, 0.15) is 22.0 Å². The molecule has 1 aromatic heterocycles. The first-order chi connectivity index (χ1) is 8.66. The average molecular weight is 282 g/mol. The van der Waals surface area contributed by atoms with Gasteiger partial charge in [-0.25, -0.2) is 0 Å². The molecule has 0 bridgehead atoms. The molecule has 0 radical (unpaired) electrons. The van der Waals surface area contributed by atoms with Crippen molar-refractivity contribution >= 4 is 28.8 Å². The summed E-state index contributed by atoms with van der Waals surface area (Å²) >= 11 is 7.32. The number of amides is 1. The number of hydrogen-bond donors (Lipinski definition) is 2. The second-order valence-corrected chi connectivity index (χ2v) is 5.01. The summed E-state index contributed by atoms with van der Waals surface area (Å²) in [6, 6.07) is 8.53. The molecular formula is C13H12ClNO2S. The van der Waals surface area contributed by atoms with E-state index in [1.165, 1.54) is 11.3 Å². The Morgan fingerprint density at radius 2 is 2.28 bits per heavy atom. The first kappa shape index (κ1) is 13.1. The zero-order chi connectivity index (χ0) is 13.0. The number of carbonyl (C=O) groups excluding carboxylic acids is 1. The number of aliphatic hydroxyl groups excluding tert-OH is 1. The third-order valence-electron chi connectivity index (χ3n) is 2.47. The normalized spacial score (nSPS) is 12.1. The highest BCUT2D eigenvalue weighted by atomic mass is 35.5. The number of halogens is 1. The molecule has 0 spiro atoms. The van der Waals surface area contributed by atoms with Gasteiger partial charge in [-0.15, -0.1) is 0 Å². The molecule has 2 N–H and O–H groups in total. The molecule has 0 aliphatic heterocycles. The largest absolute Gasteiger partial charge is 0.387 e. The number of benzene rings is 1. The van der Waals surface area contributed by atoms with Gasteiger partial charge in [0, 0.05) is 17.1 Å². The van der Waals surface area contributed by atoms with E-state index >= 15 is 0 Å². The third-order valence-corrected chi connectivity index (χ3v) is 3.41. The van der Waals surface area contributed by atoms with E-state index in [9.17, 15) is 9.90 Å². The van der Waals surface area contributed by atoms with Gasteiger partial charge in [-0.3, -0.25) is 4.79 Å². The van der Waals surface area contributed by atoms with Crippen LogP contribution in [-0.2, 0) is 0 Å². The molecule has 5 heteroatoms. The van der Waals surface area contributed by atoms with Crippen molar-refractivity contribution < 1.29 is 9.90 Å². The fraction of sp³-hybridized carbons (Fsp3) is 0.154. The maximum atomic E-state index is 11.8. The standard InChI is InChI=1S/C13H12ClNO2S/c14-11-3-1-2-9(6-11)13(17)15-7-12(16)10-4-5-18-8-10/h1-6,8,12,16H,7H2,(H,15,17)/t12-/m0/s1. The SMILES string of the molecule is O=C(NC[C@H](O)c1ccsc1)c1cccc(Cl)c1. The Balaban J connectivity index is 1.92. The Labute approximate surface area is 114 Å². The van der Waals surface area contributed by atoms with Gasteiger partial charge in [-0.1, -0.05) is 17.7 Å². The van der Waals surface area contributed by atoms with Crippen molar-refractivity contribution in [1.29, 1.82) is 0 Å². The molecule has 1 heterocycles. The zero-order valence-electron chi connectivity index (χ0n) is 9.47. The summed E-state index contributed by atoms with van der Waals surface area (Å²) < 4.78 is 0. The van der Waals surface area contributed by atoms with Crippen LogP contribution in [-0.4, -0.2) is 17.6 Å². The lowest BCUT2D eigenvalue weighted by Crippen LogP contribution is -2.28. The van der Waals surface area contributed by atoms with Crippen molar-refractivity contribution in [3.05, 3.63) is 57.2 Å². The van der Waals surface area contributed by atoms with Gasteiger partial charge in [-0.2, -0.15) is 11.3 Å². The van der Waals surface area contributed by atoms with E-state index < -0.39 is 6.10 Å². The molecule has 0 aliphatic rings. The fourth-order valence-corrected chi connectivity index (χ4v) is 2.40. The van der Waals surface area contributed by atoms with Gasteiger partial charge < -0.3 is 10.4 Å². The highest BCUT2D eigenvalue weighted by Gasteiger charge is 2.11. The van der Waals surface area contributed by atoms with E-state index in [-0.39, 0.29) is 12.5 Å². The lowest BCUT2D eigenvalue weighted by molar-refractivity contribution is 0.0916. The number of carbonyl (C=O) groups is 1. The highest BCUT2D eigenvalue weighted by Crippen LogP contribution is 2.15. The van der Waals surface area contributed by atoms with Crippen LogP contribution >= 0.6 is 22.9 Å². The van der Waals surface area contributed by atoms with Crippen LogP contribution in [0.5, 0.6) is 0 Å². The molecular weight excluding hydrogens is 270 g/mol. The van der Waals surface area contributed by atoms with Gasteiger partial charge in [0.2, 0.25) is 0 Å². The van der Waals surface area contributed by atoms with E-state index in [0.717, 1.165) is 5.56 Å². The maximum Gasteiger partial charge on any atom is 0.251 e. The molecule has 0 aliphatic carbocycles. The molecule has 0 saturated carbocycles. The molecule has 1 amide bonds. The van der Waals surface area contributed by atoms with Gasteiger partial charge >= 0.3 is 0 Å². The topological polar surface area (TPSA) is 49.3 Å². The predicted octanol–water partition coefficient (Wildman–Crippen LogP) is 2.86. The smallest absolute Gasteiger partial charge is 0.251 e. The van der Waals surface area contributed by atoms with Gasteiger partial charge in [0.15, 0.2) is 0 Å². The summed E-state index contributed by atoms with van der Waals surface area (Å²) in [5.41, 5.74) is 1.30. The van der Waals surface area contributed by atoms with E-state index in [1.54, 1.807) is 24.3 Å². The molecule has 0 unspecified atom stereocenters. The van der Waals surface area contributed by atoms with Crippen LogP contribution < -0.4 is 5.32 Å². The van der Waals surface area contributed by atoms with Crippen LogP contribution in [0, 0.1) is 0 Å². The van der Waals surface area contributed by atoms with Crippen molar-refractivity contribution in [2.75, 3.05) is 6.54 Å². The third kappa shape index (κ3) is 3.32. The van der Waals surface area contributed by atoms with E-state index in [4.69, 9.17) is 11.6 Å². The molecule has 3 nitrogen and oxygen atoms in total. The van der Waals surface area contributed by atoms with Crippen molar-refractivity contribution in [3.63, 3.8) is 0 Å². The van der Waals surface area contributed by atoms with Crippen LogP contribution in [0.4, 0.5) is 0 Å². The first-order valence-electron chi connectivity index (χ1n) is 5.41. The number of thiophene rings is 1. The van der Waals surface area contributed by atoms with Crippen molar-refractivity contribution in [1.82, 2.24) is 5.32 Å². The summed E-state index contributed by atoms with van der Waals surface area (Å²) in [5, 5.41) is 16.8. The van der Waals surface area contributed by atoms with Crippen LogP contribution in [0.25, 0.3) is 0 Å². The Bertz CT molecular complexity index is 528. The summed E-state index contributed by atoms with van der Waals surface area (Å²) in [4.78, 5) is 11.8. The quantitative estimate of drug-likeness (QED) is 0.905. The Hall–Kier alpha value is -1.36. The lowest BCUT2D eigenvalue weighted by atomic mass is 10.2. The molecule has 18 heavy (non-hydrogen) atoms. The second-order valence-electron chi connectivity index (χ2n) is 3.79. The van der Waals surface area contributed by atoms with Crippen molar-refractivity contribution in [2.45, 2.75) is 6.10 Å². The number of aliphatic hydroxyl groups is 1. The van der Waals surface area contributed by atoms with E-state index in [2.05, 4.69) is 5.32 Å². The second kappa shape index (κ2) is 6.00. The minimum Gasteiger partial charge on any atom is -0.387 e. The molecule has 2 aromatic rings. The van der Waals surface area contributed by atoms with E-state index in [0.29, 0.717) is 10.6 Å². The number of nitrogens with one attached hydrogen (secondary N) is 1. The fourth-order valence-electron chi connectivity index (χ4n) is 1.50. The van der Waals surface area contributed by atoms with Gasteiger partial charge in [0.1, 0.15) is 0 Å². The van der Waals surface area contributed by atoms with Gasteiger partial charge in [0.05, 0.1) is 6.10 Å². The molecule has 0 saturated heterocycles. The summed E-state index contributed by atoms with van der Waals surface area (Å²) in [5.74, 6) is -0.244. The maximum absolute atomic E-state index is 11.8. The summed E-state index contributed by atoms with van der Waals surface area (Å²) in [6.07, 6.45) is -0.681. The first-order valence-corrected chi connectivity index (χ1v) is 6.73. The highest BCUT2D eigenvalue weighted by molar-refractivity contribution is 7.07. The molecule has 2 rings (SSSR count). The lowest BCUT2D eigenvalue weighted by Gasteiger charge is -2.10. The van der Waals surface area contributed by atoms with Crippen LogP contribution in [0.2, 0.25) is 5.02 Å².